The maximum atomic E-state index is 11.9. The molecule has 0 unspecified atom stereocenters. The molecule has 1 aromatic carbocycles. The summed E-state index contributed by atoms with van der Waals surface area (Å²) in [6.07, 6.45) is 1.76. The average molecular weight is 201 g/mol. The summed E-state index contributed by atoms with van der Waals surface area (Å²) < 4.78 is 0. The van der Waals surface area contributed by atoms with E-state index in [0.717, 1.165) is 16.5 Å². The molecule has 0 saturated heterocycles. The number of nitrogens with one attached hydrogen (secondary N) is 1. The van der Waals surface area contributed by atoms with Gasteiger partial charge in [0.1, 0.15) is 0 Å². The van der Waals surface area contributed by atoms with E-state index >= 15 is 0 Å². The Morgan fingerprint density at radius 1 is 1.27 bits per heavy atom. The highest BCUT2D eigenvalue weighted by atomic mass is 16.1. The summed E-state index contributed by atoms with van der Waals surface area (Å²) in [6, 6.07) is 6.04. The summed E-state index contributed by atoms with van der Waals surface area (Å²) in [4.78, 5) is 15.0. The summed E-state index contributed by atoms with van der Waals surface area (Å²) in [5, 5.41) is 0.793. The van der Waals surface area contributed by atoms with E-state index in [1.54, 1.807) is 6.20 Å². The number of fused-ring (bicyclic) bond motifs is 1. The average Bonchev–Trinajstić information content (AvgIpc) is 2.23. The van der Waals surface area contributed by atoms with Crippen molar-refractivity contribution in [3.05, 3.63) is 45.7 Å². The molecule has 0 aliphatic rings. The molecule has 1 aromatic heterocycles. The normalized spacial score (nSPS) is 11.2. The van der Waals surface area contributed by atoms with Crippen molar-refractivity contribution in [2.45, 2.75) is 26.7 Å². The standard InChI is InChI=1S/C13H15NO/c1-8(2)10-4-5-12-11(6-10)13(15)9(3)7-14-12/h4-8H,1-3H3,(H,14,15). The SMILES string of the molecule is Cc1c[nH]c2ccc(C(C)C)cc2c1=O. The first-order valence-electron chi connectivity index (χ1n) is 5.21. The molecule has 1 N–H and O–H groups in total. The van der Waals surface area contributed by atoms with Crippen molar-refractivity contribution in [2.24, 2.45) is 0 Å². The lowest BCUT2D eigenvalue weighted by Gasteiger charge is -2.06. The Kier molecular flexibility index (Phi) is 2.35. The van der Waals surface area contributed by atoms with E-state index in [9.17, 15) is 4.79 Å². The van der Waals surface area contributed by atoms with Crippen LogP contribution in [0.15, 0.2) is 29.2 Å². The summed E-state index contributed by atoms with van der Waals surface area (Å²) in [6.45, 7) is 6.09. The first-order chi connectivity index (χ1) is 7.09. The van der Waals surface area contributed by atoms with E-state index in [4.69, 9.17) is 0 Å². The molecule has 0 bridgehead atoms. The minimum absolute atomic E-state index is 0.131. The highest BCUT2D eigenvalue weighted by Gasteiger charge is 2.04. The number of H-pyrrole nitrogens is 1. The second kappa shape index (κ2) is 3.54. The third kappa shape index (κ3) is 1.67. The van der Waals surface area contributed by atoms with Crippen LogP contribution in [-0.2, 0) is 0 Å². The summed E-state index contributed by atoms with van der Waals surface area (Å²) >= 11 is 0. The summed E-state index contributed by atoms with van der Waals surface area (Å²) in [7, 11) is 0. The van der Waals surface area contributed by atoms with Gasteiger partial charge in [0.05, 0.1) is 0 Å². The van der Waals surface area contributed by atoms with Crippen molar-refractivity contribution in [1.82, 2.24) is 4.98 Å². The van der Waals surface area contributed by atoms with Crippen LogP contribution in [0.3, 0.4) is 0 Å². The molecule has 0 radical (unpaired) electrons. The van der Waals surface area contributed by atoms with Gasteiger partial charge in [-0.05, 0) is 30.5 Å². The number of aromatic nitrogens is 1. The lowest BCUT2D eigenvalue weighted by Crippen LogP contribution is -2.06. The maximum Gasteiger partial charge on any atom is 0.192 e. The zero-order valence-corrected chi connectivity index (χ0v) is 9.29. The van der Waals surface area contributed by atoms with Crippen LogP contribution in [0.5, 0.6) is 0 Å². The van der Waals surface area contributed by atoms with Crippen molar-refractivity contribution >= 4 is 10.9 Å². The monoisotopic (exact) mass is 201 g/mol. The lowest BCUT2D eigenvalue weighted by atomic mass is 10.0. The number of pyridine rings is 1. The van der Waals surface area contributed by atoms with Gasteiger partial charge in [0, 0.05) is 22.7 Å². The molecule has 1 heterocycles. The molecule has 0 saturated carbocycles. The van der Waals surface area contributed by atoms with E-state index in [1.807, 2.05) is 19.1 Å². The van der Waals surface area contributed by atoms with Gasteiger partial charge in [-0.25, -0.2) is 0 Å². The fourth-order valence-electron chi connectivity index (χ4n) is 1.70. The van der Waals surface area contributed by atoms with Gasteiger partial charge in [0.15, 0.2) is 5.43 Å². The van der Waals surface area contributed by atoms with Gasteiger partial charge in [0.25, 0.3) is 0 Å². The zero-order chi connectivity index (χ0) is 11.0. The van der Waals surface area contributed by atoms with E-state index in [0.29, 0.717) is 5.92 Å². The van der Waals surface area contributed by atoms with Crippen LogP contribution in [-0.4, -0.2) is 4.98 Å². The van der Waals surface area contributed by atoms with Crippen LogP contribution >= 0.6 is 0 Å². The highest BCUT2D eigenvalue weighted by molar-refractivity contribution is 5.79. The van der Waals surface area contributed by atoms with Gasteiger partial charge in [-0.3, -0.25) is 4.79 Å². The molecular formula is C13H15NO. The molecule has 15 heavy (non-hydrogen) atoms. The lowest BCUT2D eigenvalue weighted by molar-refractivity contribution is 0.868. The molecule has 2 heteroatoms. The number of aromatic amines is 1. The number of hydrogen-bond donors (Lipinski definition) is 1. The molecule has 78 valence electrons. The molecule has 0 aliphatic heterocycles. The predicted octanol–water partition coefficient (Wildman–Crippen LogP) is 2.96. The largest absolute Gasteiger partial charge is 0.361 e. The van der Waals surface area contributed by atoms with E-state index in [-0.39, 0.29) is 5.43 Å². The molecular weight excluding hydrogens is 186 g/mol. The first-order valence-corrected chi connectivity index (χ1v) is 5.21. The van der Waals surface area contributed by atoms with E-state index in [2.05, 4.69) is 24.9 Å². The van der Waals surface area contributed by atoms with E-state index < -0.39 is 0 Å². The van der Waals surface area contributed by atoms with Crippen molar-refractivity contribution in [1.29, 1.82) is 0 Å². The highest BCUT2D eigenvalue weighted by Crippen LogP contribution is 2.18. The first kappa shape index (κ1) is 9.97. The Bertz CT molecular complexity index is 552. The predicted molar refractivity (Wildman–Crippen MR) is 63.4 cm³/mol. The topological polar surface area (TPSA) is 32.9 Å². The maximum absolute atomic E-state index is 11.9. The fourth-order valence-corrected chi connectivity index (χ4v) is 1.70. The third-order valence-electron chi connectivity index (χ3n) is 2.76. The zero-order valence-electron chi connectivity index (χ0n) is 9.29. The molecule has 0 spiro atoms. The smallest absolute Gasteiger partial charge is 0.192 e. The molecule has 0 aliphatic carbocycles. The van der Waals surface area contributed by atoms with Gasteiger partial charge < -0.3 is 4.98 Å². The molecule has 0 amide bonds. The van der Waals surface area contributed by atoms with Gasteiger partial charge in [-0.15, -0.1) is 0 Å². The van der Waals surface area contributed by atoms with Crippen LogP contribution in [0.2, 0.25) is 0 Å². The Morgan fingerprint density at radius 2 is 2.00 bits per heavy atom. The van der Waals surface area contributed by atoms with Crippen molar-refractivity contribution < 1.29 is 0 Å². The minimum Gasteiger partial charge on any atom is -0.361 e. The van der Waals surface area contributed by atoms with Crippen molar-refractivity contribution in [2.75, 3.05) is 0 Å². The molecule has 0 atom stereocenters. The summed E-state index contributed by atoms with van der Waals surface area (Å²) in [5.74, 6) is 0.453. The van der Waals surface area contributed by atoms with Gasteiger partial charge >= 0.3 is 0 Å². The quantitative estimate of drug-likeness (QED) is 0.756. The second-order valence-electron chi connectivity index (χ2n) is 4.26. The Morgan fingerprint density at radius 3 is 2.67 bits per heavy atom. The van der Waals surface area contributed by atoms with Gasteiger partial charge in [-0.1, -0.05) is 19.9 Å². The number of aryl methyl sites for hydroxylation is 1. The Labute approximate surface area is 89.0 Å². The summed E-state index contributed by atoms with van der Waals surface area (Å²) in [5.41, 5.74) is 3.02. The van der Waals surface area contributed by atoms with Crippen LogP contribution in [0.1, 0.15) is 30.9 Å². The van der Waals surface area contributed by atoms with Crippen LogP contribution in [0.4, 0.5) is 0 Å². The third-order valence-corrected chi connectivity index (χ3v) is 2.76. The number of benzene rings is 1. The fraction of sp³-hybridized carbons (Fsp3) is 0.308. The van der Waals surface area contributed by atoms with Crippen LogP contribution < -0.4 is 5.43 Å². The van der Waals surface area contributed by atoms with Crippen LogP contribution in [0.25, 0.3) is 10.9 Å². The molecule has 2 nitrogen and oxygen atoms in total. The van der Waals surface area contributed by atoms with Crippen molar-refractivity contribution in [3.63, 3.8) is 0 Å². The number of rotatable bonds is 1. The number of hydrogen-bond acceptors (Lipinski definition) is 1. The Balaban J connectivity index is 2.80. The molecule has 2 rings (SSSR count). The van der Waals surface area contributed by atoms with E-state index in [1.165, 1.54) is 5.56 Å². The second-order valence-corrected chi connectivity index (χ2v) is 4.26. The Hall–Kier alpha value is -1.57. The minimum atomic E-state index is 0.131. The van der Waals surface area contributed by atoms with Gasteiger partial charge in [-0.2, -0.15) is 0 Å². The molecule has 2 aromatic rings. The van der Waals surface area contributed by atoms with Gasteiger partial charge in [0.2, 0.25) is 0 Å². The molecule has 0 fully saturated rings. The van der Waals surface area contributed by atoms with Crippen LogP contribution in [0, 0.1) is 6.92 Å². The van der Waals surface area contributed by atoms with Crippen molar-refractivity contribution in [3.8, 4) is 0 Å².